The molecule has 2 unspecified atom stereocenters. The van der Waals surface area contributed by atoms with Crippen molar-refractivity contribution < 1.29 is 13.2 Å². The summed E-state index contributed by atoms with van der Waals surface area (Å²) in [7, 11) is 0. The van der Waals surface area contributed by atoms with Crippen LogP contribution in [0.4, 0.5) is 24.8 Å². The van der Waals surface area contributed by atoms with Gasteiger partial charge in [0, 0.05) is 18.7 Å². The van der Waals surface area contributed by atoms with Crippen LogP contribution in [-0.4, -0.2) is 22.6 Å². The van der Waals surface area contributed by atoms with Crippen molar-refractivity contribution >= 4 is 11.6 Å². The third-order valence-corrected chi connectivity index (χ3v) is 4.52. The summed E-state index contributed by atoms with van der Waals surface area (Å²) in [6.45, 7) is 0.745. The number of nitrogen functional groups attached to an aromatic ring is 1. The lowest BCUT2D eigenvalue weighted by Gasteiger charge is -2.44. The molecular weight excluding hydrogens is 281 g/mol. The number of alkyl halides is 3. The Labute approximate surface area is 121 Å². The number of hydrogen-bond acceptors (Lipinski definition) is 4. The fourth-order valence-electron chi connectivity index (χ4n) is 3.64. The number of aromatic nitrogens is 2. The number of rotatable bonds is 1. The van der Waals surface area contributed by atoms with Crippen LogP contribution < -0.4 is 10.6 Å². The van der Waals surface area contributed by atoms with E-state index in [1.54, 1.807) is 0 Å². The lowest BCUT2D eigenvalue weighted by atomic mass is 9.78. The minimum Gasteiger partial charge on any atom is -0.384 e. The number of anilines is 2. The summed E-state index contributed by atoms with van der Waals surface area (Å²) in [5, 5.41) is 0. The standard InChI is InChI=1S/C14H19F3N4/c15-14(16,17)13-19-11(18)8-12(20-13)21-7-3-5-9-4-1-2-6-10(9)21/h8-10H,1-7H2,(H2,18,19,20). The van der Waals surface area contributed by atoms with Gasteiger partial charge in [-0.15, -0.1) is 0 Å². The molecule has 2 aliphatic rings. The molecule has 0 aromatic carbocycles. The summed E-state index contributed by atoms with van der Waals surface area (Å²) >= 11 is 0. The molecule has 2 heterocycles. The first-order chi connectivity index (χ1) is 9.95. The van der Waals surface area contributed by atoms with Crippen molar-refractivity contribution in [2.24, 2.45) is 5.92 Å². The van der Waals surface area contributed by atoms with E-state index < -0.39 is 12.0 Å². The van der Waals surface area contributed by atoms with E-state index in [1.165, 1.54) is 12.5 Å². The zero-order valence-electron chi connectivity index (χ0n) is 11.7. The molecule has 1 aliphatic heterocycles. The molecule has 1 aliphatic carbocycles. The van der Waals surface area contributed by atoms with E-state index in [9.17, 15) is 13.2 Å². The van der Waals surface area contributed by atoms with Gasteiger partial charge in [0.05, 0.1) is 0 Å². The van der Waals surface area contributed by atoms with Gasteiger partial charge in [-0.05, 0) is 31.6 Å². The SMILES string of the molecule is Nc1cc(N2CCCC3CCCCC32)nc(C(F)(F)F)n1. The number of halogens is 3. The van der Waals surface area contributed by atoms with Crippen LogP contribution in [0.25, 0.3) is 0 Å². The molecule has 2 N–H and O–H groups in total. The highest BCUT2D eigenvalue weighted by atomic mass is 19.4. The molecule has 1 saturated carbocycles. The summed E-state index contributed by atoms with van der Waals surface area (Å²) in [6, 6.07) is 1.76. The third kappa shape index (κ3) is 2.91. The van der Waals surface area contributed by atoms with Crippen molar-refractivity contribution in [3.8, 4) is 0 Å². The highest BCUT2D eigenvalue weighted by Gasteiger charge is 2.38. The average molecular weight is 300 g/mol. The zero-order chi connectivity index (χ0) is 15.0. The second kappa shape index (κ2) is 5.35. The lowest BCUT2D eigenvalue weighted by molar-refractivity contribution is -0.144. The Morgan fingerprint density at radius 1 is 1.10 bits per heavy atom. The van der Waals surface area contributed by atoms with E-state index in [0.717, 1.165) is 38.6 Å². The smallest absolute Gasteiger partial charge is 0.384 e. The average Bonchev–Trinajstić information content (AvgIpc) is 2.45. The first-order valence-corrected chi connectivity index (χ1v) is 7.43. The molecule has 3 rings (SSSR count). The van der Waals surface area contributed by atoms with Crippen molar-refractivity contribution in [1.82, 2.24) is 9.97 Å². The van der Waals surface area contributed by atoms with Gasteiger partial charge < -0.3 is 10.6 Å². The fourth-order valence-corrected chi connectivity index (χ4v) is 3.64. The van der Waals surface area contributed by atoms with Gasteiger partial charge >= 0.3 is 6.18 Å². The summed E-state index contributed by atoms with van der Waals surface area (Å²) in [4.78, 5) is 9.06. The highest BCUT2D eigenvalue weighted by molar-refractivity contribution is 5.48. The molecule has 2 fully saturated rings. The van der Waals surface area contributed by atoms with E-state index in [1.807, 2.05) is 4.90 Å². The van der Waals surface area contributed by atoms with Crippen LogP contribution in [0.2, 0.25) is 0 Å². The Hall–Kier alpha value is -1.53. The minimum absolute atomic E-state index is 0.120. The van der Waals surface area contributed by atoms with Crippen LogP contribution in [0.3, 0.4) is 0 Å². The predicted octanol–water partition coefficient (Wildman–Crippen LogP) is 3.24. The third-order valence-electron chi connectivity index (χ3n) is 4.52. The largest absolute Gasteiger partial charge is 0.451 e. The quantitative estimate of drug-likeness (QED) is 0.865. The summed E-state index contributed by atoms with van der Waals surface area (Å²) in [5.41, 5.74) is 5.55. The Morgan fingerprint density at radius 3 is 2.57 bits per heavy atom. The van der Waals surface area contributed by atoms with Crippen LogP contribution in [0.5, 0.6) is 0 Å². The van der Waals surface area contributed by atoms with Crippen LogP contribution in [0, 0.1) is 5.92 Å². The molecule has 0 radical (unpaired) electrons. The maximum atomic E-state index is 12.8. The molecule has 0 spiro atoms. The van der Waals surface area contributed by atoms with Gasteiger partial charge in [-0.2, -0.15) is 13.2 Å². The summed E-state index contributed by atoms with van der Waals surface area (Å²) < 4.78 is 38.5. The van der Waals surface area contributed by atoms with E-state index in [4.69, 9.17) is 5.73 Å². The lowest BCUT2D eigenvalue weighted by Crippen LogP contribution is -2.47. The topological polar surface area (TPSA) is 55.0 Å². The first-order valence-electron chi connectivity index (χ1n) is 7.43. The molecule has 0 amide bonds. The van der Waals surface area contributed by atoms with Gasteiger partial charge in [0.15, 0.2) is 0 Å². The summed E-state index contributed by atoms with van der Waals surface area (Å²) in [5.74, 6) is -0.370. The number of piperidine rings is 1. The Balaban J connectivity index is 1.93. The molecule has 2 atom stereocenters. The number of fused-ring (bicyclic) bond motifs is 1. The van der Waals surface area contributed by atoms with Gasteiger partial charge in [0.1, 0.15) is 11.6 Å². The normalized spacial score (nSPS) is 26.5. The molecule has 0 bridgehead atoms. The molecular formula is C14H19F3N4. The van der Waals surface area contributed by atoms with E-state index >= 15 is 0 Å². The number of nitrogens with zero attached hydrogens (tertiary/aromatic N) is 3. The van der Waals surface area contributed by atoms with Gasteiger partial charge in [-0.3, -0.25) is 0 Å². The highest BCUT2D eigenvalue weighted by Crippen LogP contribution is 2.38. The molecule has 4 nitrogen and oxygen atoms in total. The van der Waals surface area contributed by atoms with Crippen molar-refractivity contribution in [2.75, 3.05) is 17.2 Å². The fraction of sp³-hybridized carbons (Fsp3) is 0.714. The molecule has 7 heteroatoms. The maximum Gasteiger partial charge on any atom is 0.451 e. The van der Waals surface area contributed by atoms with Crippen LogP contribution in [0.15, 0.2) is 6.07 Å². The van der Waals surface area contributed by atoms with Crippen LogP contribution >= 0.6 is 0 Å². The van der Waals surface area contributed by atoms with Gasteiger partial charge in [-0.25, -0.2) is 9.97 Å². The van der Waals surface area contributed by atoms with Gasteiger partial charge in [0.2, 0.25) is 5.82 Å². The van der Waals surface area contributed by atoms with Gasteiger partial charge in [-0.1, -0.05) is 12.8 Å². The van der Waals surface area contributed by atoms with E-state index in [2.05, 4.69) is 9.97 Å². The monoisotopic (exact) mass is 300 g/mol. The molecule has 21 heavy (non-hydrogen) atoms. The predicted molar refractivity (Wildman–Crippen MR) is 73.8 cm³/mol. The molecule has 1 aromatic heterocycles. The second-order valence-corrected chi connectivity index (χ2v) is 5.92. The van der Waals surface area contributed by atoms with Crippen LogP contribution in [-0.2, 0) is 6.18 Å². The van der Waals surface area contributed by atoms with Crippen molar-refractivity contribution in [1.29, 1.82) is 0 Å². The zero-order valence-corrected chi connectivity index (χ0v) is 11.7. The first kappa shape index (κ1) is 14.4. The molecule has 1 aromatic rings. The summed E-state index contributed by atoms with van der Waals surface area (Å²) in [6.07, 6.45) is 2.12. The van der Waals surface area contributed by atoms with Crippen molar-refractivity contribution in [3.05, 3.63) is 11.9 Å². The Bertz CT molecular complexity index is 515. The van der Waals surface area contributed by atoms with E-state index in [-0.39, 0.29) is 5.82 Å². The number of hydrogen-bond donors (Lipinski definition) is 1. The Morgan fingerprint density at radius 2 is 1.81 bits per heavy atom. The number of nitrogens with two attached hydrogens (primary N) is 1. The van der Waals surface area contributed by atoms with Crippen molar-refractivity contribution in [2.45, 2.75) is 50.7 Å². The second-order valence-electron chi connectivity index (χ2n) is 5.92. The molecule has 1 saturated heterocycles. The van der Waals surface area contributed by atoms with Gasteiger partial charge in [0.25, 0.3) is 0 Å². The minimum atomic E-state index is -4.56. The Kier molecular flexibility index (Phi) is 3.67. The van der Waals surface area contributed by atoms with E-state index in [0.29, 0.717) is 17.8 Å². The van der Waals surface area contributed by atoms with Crippen LogP contribution in [0.1, 0.15) is 44.3 Å². The molecule has 116 valence electrons. The van der Waals surface area contributed by atoms with Crippen molar-refractivity contribution in [3.63, 3.8) is 0 Å². The maximum absolute atomic E-state index is 12.8.